The second-order valence-electron chi connectivity index (χ2n) is 4.43. The van der Waals surface area contributed by atoms with E-state index in [9.17, 15) is 0 Å². The van der Waals surface area contributed by atoms with Gasteiger partial charge in [-0.05, 0) is 37.0 Å². The van der Waals surface area contributed by atoms with Crippen molar-refractivity contribution in [3.05, 3.63) is 33.8 Å². The maximum atomic E-state index is 6.28. The molecule has 1 aliphatic rings. The molecule has 2 nitrogen and oxygen atoms in total. The van der Waals surface area contributed by atoms with Gasteiger partial charge in [0.1, 0.15) is 0 Å². The summed E-state index contributed by atoms with van der Waals surface area (Å²) in [7, 11) is 0. The first-order valence-corrected chi connectivity index (χ1v) is 6.15. The topological polar surface area (TPSA) is 35.2 Å². The summed E-state index contributed by atoms with van der Waals surface area (Å²) in [6, 6.07) is 5.54. The predicted molar refractivity (Wildman–Crippen MR) is 67.1 cm³/mol. The highest BCUT2D eigenvalue weighted by Gasteiger charge is 2.29. The van der Waals surface area contributed by atoms with Gasteiger partial charge in [0, 0.05) is 22.2 Å². The normalized spacial score (nSPS) is 25.7. The number of hydrogen-bond donors (Lipinski definition) is 1. The van der Waals surface area contributed by atoms with Crippen molar-refractivity contribution >= 4 is 23.2 Å². The highest BCUT2D eigenvalue weighted by atomic mass is 35.5. The third-order valence-corrected chi connectivity index (χ3v) is 3.50. The Kier molecular flexibility index (Phi) is 3.75. The van der Waals surface area contributed by atoms with E-state index in [0.717, 1.165) is 31.4 Å². The molecule has 4 heteroatoms. The molecule has 0 radical (unpaired) electrons. The van der Waals surface area contributed by atoms with Gasteiger partial charge >= 0.3 is 0 Å². The fourth-order valence-electron chi connectivity index (χ4n) is 2.06. The minimum absolute atomic E-state index is 0.282. The molecule has 2 N–H and O–H groups in total. The molecule has 88 valence electrons. The number of rotatable bonds is 2. The Morgan fingerprint density at radius 2 is 2.19 bits per heavy atom. The summed E-state index contributed by atoms with van der Waals surface area (Å²) >= 11 is 12.0. The second kappa shape index (κ2) is 4.92. The van der Waals surface area contributed by atoms with Crippen molar-refractivity contribution < 1.29 is 4.74 Å². The Balaban J connectivity index is 2.13. The molecule has 1 aromatic rings. The van der Waals surface area contributed by atoms with Crippen LogP contribution in [0.1, 0.15) is 18.4 Å². The third kappa shape index (κ3) is 2.89. The average Bonchev–Trinajstić information content (AvgIpc) is 2.23. The van der Waals surface area contributed by atoms with Crippen LogP contribution in [0.25, 0.3) is 0 Å². The van der Waals surface area contributed by atoms with E-state index in [1.807, 2.05) is 12.1 Å². The molecule has 16 heavy (non-hydrogen) atoms. The molecule has 1 aliphatic heterocycles. The molecular weight excluding hydrogens is 245 g/mol. The largest absolute Gasteiger partial charge is 0.380 e. The van der Waals surface area contributed by atoms with Gasteiger partial charge in [0.2, 0.25) is 0 Å². The summed E-state index contributed by atoms with van der Waals surface area (Å²) in [5.41, 5.74) is 7.04. The first kappa shape index (κ1) is 12.2. The molecule has 1 fully saturated rings. The van der Waals surface area contributed by atoms with E-state index in [4.69, 9.17) is 33.7 Å². The van der Waals surface area contributed by atoms with Crippen LogP contribution in [0, 0.1) is 0 Å². The van der Waals surface area contributed by atoms with Crippen molar-refractivity contribution in [1.29, 1.82) is 0 Å². The van der Waals surface area contributed by atoms with Crippen molar-refractivity contribution in [2.24, 2.45) is 5.73 Å². The van der Waals surface area contributed by atoms with Gasteiger partial charge in [0.05, 0.1) is 6.61 Å². The molecule has 0 aromatic heterocycles. The lowest BCUT2D eigenvalue weighted by atomic mass is 9.87. The zero-order valence-corrected chi connectivity index (χ0v) is 10.5. The van der Waals surface area contributed by atoms with E-state index in [1.165, 1.54) is 0 Å². The Morgan fingerprint density at radius 3 is 2.81 bits per heavy atom. The monoisotopic (exact) mass is 259 g/mol. The number of ether oxygens (including phenoxy) is 1. The van der Waals surface area contributed by atoms with Gasteiger partial charge in [-0.2, -0.15) is 0 Å². The molecule has 1 unspecified atom stereocenters. The van der Waals surface area contributed by atoms with E-state index >= 15 is 0 Å². The van der Waals surface area contributed by atoms with E-state index in [2.05, 4.69) is 0 Å². The van der Waals surface area contributed by atoms with E-state index in [-0.39, 0.29) is 5.54 Å². The molecule has 2 rings (SSSR count). The average molecular weight is 260 g/mol. The summed E-state index contributed by atoms with van der Waals surface area (Å²) in [6.07, 6.45) is 2.73. The number of benzene rings is 1. The van der Waals surface area contributed by atoms with E-state index in [1.54, 1.807) is 6.07 Å². The van der Waals surface area contributed by atoms with Gasteiger partial charge in [-0.15, -0.1) is 0 Å². The lowest BCUT2D eigenvalue weighted by molar-refractivity contribution is 0.0382. The zero-order valence-electron chi connectivity index (χ0n) is 9.01. The van der Waals surface area contributed by atoms with Gasteiger partial charge in [-0.3, -0.25) is 0 Å². The van der Waals surface area contributed by atoms with Crippen molar-refractivity contribution in [3.63, 3.8) is 0 Å². The molecule has 0 bridgehead atoms. The molecule has 0 amide bonds. The van der Waals surface area contributed by atoms with Gasteiger partial charge in [-0.1, -0.05) is 29.3 Å². The third-order valence-electron chi connectivity index (χ3n) is 2.91. The fraction of sp³-hybridized carbons (Fsp3) is 0.500. The van der Waals surface area contributed by atoms with Gasteiger partial charge in [-0.25, -0.2) is 0 Å². The highest BCUT2D eigenvalue weighted by Crippen LogP contribution is 2.27. The van der Waals surface area contributed by atoms with Gasteiger partial charge < -0.3 is 10.5 Å². The van der Waals surface area contributed by atoms with Crippen LogP contribution in [0.15, 0.2) is 18.2 Å². The SMILES string of the molecule is NC1(Cc2ccc(Cl)cc2Cl)CCCOC1. The molecule has 1 saturated heterocycles. The molecule has 0 aliphatic carbocycles. The lowest BCUT2D eigenvalue weighted by Crippen LogP contribution is -2.49. The smallest absolute Gasteiger partial charge is 0.0649 e. The van der Waals surface area contributed by atoms with Crippen LogP contribution in [0.5, 0.6) is 0 Å². The maximum Gasteiger partial charge on any atom is 0.0649 e. The molecule has 1 aromatic carbocycles. The highest BCUT2D eigenvalue weighted by molar-refractivity contribution is 6.35. The van der Waals surface area contributed by atoms with Crippen molar-refractivity contribution in [3.8, 4) is 0 Å². The summed E-state index contributed by atoms with van der Waals surface area (Å²) in [5, 5.41) is 1.34. The zero-order chi connectivity index (χ0) is 11.6. The predicted octanol–water partition coefficient (Wildman–Crippen LogP) is 3.04. The van der Waals surface area contributed by atoms with Crippen LogP contribution in [0.3, 0.4) is 0 Å². The minimum atomic E-state index is -0.282. The lowest BCUT2D eigenvalue weighted by Gasteiger charge is -2.33. The molecular formula is C12H15Cl2NO. The minimum Gasteiger partial charge on any atom is -0.380 e. The van der Waals surface area contributed by atoms with Crippen molar-refractivity contribution in [2.75, 3.05) is 13.2 Å². The second-order valence-corrected chi connectivity index (χ2v) is 5.27. The Bertz CT molecular complexity index is 375. The summed E-state index contributed by atoms with van der Waals surface area (Å²) in [6.45, 7) is 1.42. The Hall–Kier alpha value is -0.280. The maximum absolute atomic E-state index is 6.28. The molecule has 1 heterocycles. The van der Waals surface area contributed by atoms with Crippen LogP contribution in [0.4, 0.5) is 0 Å². The number of halogens is 2. The van der Waals surface area contributed by atoms with Gasteiger partial charge in [0.15, 0.2) is 0 Å². The molecule has 0 saturated carbocycles. The van der Waals surface area contributed by atoms with E-state index < -0.39 is 0 Å². The Labute approximate surface area is 106 Å². The summed E-state index contributed by atoms with van der Waals surface area (Å²) in [4.78, 5) is 0. The van der Waals surface area contributed by atoms with Crippen LogP contribution in [-0.2, 0) is 11.2 Å². The van der Waals surface area contributed by atoms with Crippen LogP contribution in [0.2, 0.25) is 10.0 Å². The molecule has 0 spiro atoms. The number of hydrogen-bond acceptors (Lipinski definition) is 2. The Morgan fingerprint density at radius 1 is 1.38 bits per heavy atom. The fourth-order valence-corrected chi connectivity index (χ4v) is 2.53. The van der Waals surface area contributed by atoms with Crippen LogP contribution >= 0.6 is 23.2 Å². The van der Waals surface area contributed by atoms with Gasteiger partial charge in [0.25, 0.3) is 0 Å². The van der Waals surface area contributed by atoms with Crippen molar-refractivity contribution in [1.82, 2.24) is 0 Å². The summed E-state index contributed by atoms with van der Waals surface area (Å²) in [5.74, 6) is 0. The summed E-state index contributed by atoms with van der Waals surface area (Å²) < 4.78 is 5.43. The van der Waals surface area contributed by atoms with Crippen LogP contribution in [-0.4, -0.2) is 18.8 Å². The number of nitrogens with two attached hydrogens (primary N) is 1. The van der Waals surface area contributed by atoms with Crippen LogP contribution < -0.4 is 5.73 Å². The first-order valence-electron chi connectivity index (χ1n) is 5.40. The molecule has 1 atom stereocenters. The standard InChI is InChI=1S/C12H15Cl2NO/c13-10-3-2-9(11(14)6-10)7-12(15)4-1-5-16-8-12/h2-3,6H,1,4-5,7-8,15H2. The van der Waals surface area contributed by atoms with E-state index in [0.29, 0.717) is 16.7 Å². The first-order chi connectivity index (χ1) is 7.59. The quantitative estimate of drug-likeness (QED) is 0.887. The van der Waals surface area contributed by atoms with Crippen molar-refractivity contribution in [2.45, 2.75) is 24.8 Å².